The summed E-state index contributed by atoms with van der Waals surface area (Å²) in [5.41, 5.74) is 0. The predicted octanol–water partition coefficient (Wildman–Crippen LogP) is 1.58. The summed E-state index contributed by atoms with van der Waals surface area (Å²) in [5.74, 6) is -1.16. The summed E-state index contributed by atoms with van der Waals surface area (Å²) < 4.78 is 30.7. The molecule has 2 N–H and O–H groups in total. The zero-order valence-electron chi connectivity index (χ0n) is 15.2. The van der Waals surface area contributed by atoms with E-state index in [2.05, 4.69) is 0 Å². The van der Waals surface area contributed by atoms with Crippen molar-refractivity contribution in [2.24, 2.45) is 0 Å². The Hall–Kier alpha value is -0.280. The van der Waals surface area contributed by atoms with Gasteiger partial charge in [0.25, 0.3) is 0 Å². The fourth-order valence-electron chi connectivity index (χ4n) is 5.37. The quantitative estimate of drug-likeness (QED) is 0.725. The van der Waals surface area contributed by atoms with E-state index in [0.717, 1.165) is 51.4 Å². The minimum absolute atomic E-state index is 0.315. The second kappa shape index (κ2) is 6.65. The molecule has 3 saturated heterocycles. The summed E-state index contributed by atoms with van der Waals surface area (Å²) in [5, 5.41) is 20.7. The molecule has 0 aromatic rings. The number of fused-ring (bicyclic) bond motifs is 1. The maximum Gasteiger partial charge on any atom is 0.184 e. The molecule has 7 nitrogen and oxygen atoms in total. The molecule has 3 heterocycles. The largest absolute Gasteiger partial charge is 0.385 e. The van der Waals surface area contributed by atoms with E-state index in [0.29, 0.717) is 6.61 Å². The molecular weight excluding hydrogens is 340 g/mol. The Morgan fingerprint density at radius 1 is 0.654 bits per heavy atom. The van der Waals surface area contributed by atoms with Crippen LogP contribution in [0.1, 0.15) is 64.2 Å². The van der Waals surface area contributed by atoms with E-state index in [-0.39, 0.29) is 6.10 Å². The highest BCUT2D eigenvalue weighted by molar-refractivity contribution is 5.02. The number of hydrogen-bond donors (Lipinski definition) is 2. The number of aliphatic hydroxyl groups excluding tert-OH is 2. The molecule has 0 aromatic carbocycles. The molecule has 148 valence electrons. The van der Waals surface area contributed by atoms with E-state index in [1.165, 1.54) is 12.8 Å². The Balaban J connectivity index is 1.35. The summed E-state index contributed by atoms with van der Waals surface area (Å²) in [6.07, 6.45) is 5.90. The van der Waals surface area contributed by atoms with E-state index in [9.17, 15) is 10.2 Å². The first-order valence-electron chi connectivity index (χ1n) is 10.3. The Kier molecular flexibility index (Phi) is 4.55. The van der Waals surface area contributed by atoms with Crippen LogP contribution in [-0.2, 0) is 23.7 Å². The van der Waals surface area contributed by atoms with Gasteiger partial charge in [0.1, 0.15) is 30.5 Å². The van der Waals surface area contributed by atoms with Gasteiger partial charge in [0.15, 0.2) is 17.9 Å². The smallest absolute Gasteiger partial charge is 0.184 e. The van der Waals surface area contributed by atoms with E-state index >= 15 is 0 Å². The van der Waals surface area contributed by atoms with Gasteiger partial charge in [0.2, 0.25) is 0 Å². The van der Waals surface area contributed by atoms with Crippen molar-refractivity contribution in [3.63, 3.8) is 0 Å². The summed E-state index contributed by atoms with van der Waals surface area (Å²) in [4.78, 5) is 0. The van der Waals surface area contributed by atoms with Crippen LogP contribution < -0.4 is 0 Å². The zero-order chi connectivity index (χ0) is 17.8. The Morgan fingerprint density at radius 3 is 1.96 bits per heavy atom. The van der Waals surface area contributed by atoms with Gasteiger partial charge < -0.3 is 33.9 Å². The number of rotatable bonds is 1. The Morgan fingerprint density at radius 2 is 1.27 bits per heavy atom. The van der Waals surface area contributed by atoms with E-state index in [1.807, 2.05) is 0 Å². The molecule has 7 heteroatoms. The molecule has 2 spiro atoms. The molecule has 6 atom stereocenters. The van der Waals surface area contributed by atoms with Crippen molar-refractivity contribution in [3.05, 3.63) is 0 Å². The lowest BCUT2D eigenvalue weighted by molar-refractivity contribution is -0.284. The van der Waals surface area contributed by atoms with Crippen molar-refractivity contribution in [2.75, 3.05) is 6.61 Å². The normalized spacial score (nSPS) is 47.3. The van der Waals surface area contributed by atoms with Crippen molar-refractivity contribution in [2.45, 2.75) is 113 Å². The lowest BCUT2D eigenvalue weighted by Crippen LogP contribution is -2.60. The molecule has 2 saturated carbocycles. The number of hydrogen-bond acceptors (Lipinski definition) is 7. The summed E-state index contributed by atoms with van der Waals surface area (Å²) in [6, 6.07) is 0. The predicted molar refractivity (Wildman–Crippen MR) is 89.1 cm³/mol. The van der Waals surface area contributed by atoms with Gasteiger partial charge in [-0.3, -0.25) is 0 Å². The van der Waals surface area contributed by atoms with Gasteiger partial charge in [-0.1, -0.05) is 12.8 Å². The van der Waals surface area contributed by atoms with Crippen LogP contribution in [0.15, 0.2) is 0 Å². The van der Waals surface area contributed by atoms with Crippen LogP contribution >= 0.6 is 0 Å². The highest BCUT2D eigenvalue weighted by atomic mass is 16.8. The van der Waals surface area contributed by atoms with Crippen LogP contribution in [0.3, 0.4) is 0 Å². The number of ether oxygens (including phenoxy) is 5. The van der Waals surface area contributed by atoms with Gasteiger partial charge in [-0.05, 0) is 25.7 Å². The van der Waals surface area contributed by atoms with Gasteiger partial charge in [-0.15, -0.1) is 0 Å². The highest BCUT2D eigenvalue weighted by Crippen LogP contribution is 2.47. The molecule has 26 heavy (non-hydrogen) atoms. The van der Waals surface area contributed by atoms with E-state index in [1.54, 1.807) is 0 Å². The average molecular weight is 370 g/mol. The van der Waals surface area contributed by atoms with Crippen LogP contribution in [0.5, 0.6) is 0 Å². The Bertz CT molecular complexity index is 514. The van der Waals surface area contributed by atoms with Crippen LogP contribution in [0, 0.1) is 0 Å². The van der Waals surface area contributed by atoms with Crippen molar-refractivity contribution < 1.29 is 33.9 Å². The summed E-state index contributed by atoms with van der Waals surface area (Å²) >= 11 is 0. The summed E-state index contributed by atoms with van der Waals surface area (Å²) in [7, 11) is 0. The second-order valence-electron chi connectivity index (χ2n) is 8.56. The van der Waals surface area contributed by atoms with Gasteiger partial charge in [-0.2, -0.15) is 0 Å². The van der Waals surface area contributed by atoms with Gasteiger partial charge in [0, 0.05) is 25.7 Å². The van der Waals surface area contributed by atoms with Crippen molar-refractivity contribution in [3.8, 4) is 0 Å². The molecule has 5 aliphatic rings. The second-order valence-corrected chi connectivity index (χ2v) is 8.56. The van der Waals surface area contributed by atoms with E-state index < -0.39 is 42.3 Å². The lowest BCUT2D eigenvalue weighted by atomic mass is 9.93. The van der Waals surface area contributed by atoms with Crippen LogP contribution in [-0.4, -0.2) is 65.2 Å². The average Bonchev–Trinajstić information content (AvgIpc) is 3.22. The van der Waals surface area contributed by atoms with Crippen molar-refractivity contribution in [1.29, 1.82) is 0 Å². The van der Waals surface area contributed by atoms with Gasteiger partial charge in [0.05, 0.1) is 6.61 Å². The number of aliphatic hydroxyl groups is 2. The third-order valence-electron chi connectivity index (χ3n) is 6.75. The zero-order valence-corrected chi connectivity index (χ0v) is 15.2. The van der Waals surface area contributed by atoms with E-state index in [4.69, 9.17) is 23.7 Å². The fourth-order valence-corrected chi connectivity index (χ4v) is 5.37. The molecule has 5 rings (SSSR count). The minimum atomic E-state index is -1.30. The van der Waals surface area contributed by atoms with Gasteiger partial charge >= 0.3 is 0 Å². The van der Waals surface area contributed by atoms with Crippen LogP contribution in [0.2, 0.25) is 0 Å². The van der Waals surface area contributed by atoms with Crippen LogP contribution in [0.25, 0.3) is 0 Å². The van der Waals surface area contributed by atoms with Crippen molar-refractivity contribution in [1.82, 2.24) is 0 Å². The monoisotopic (exact) mass is 370 g/mol. The van der Waals surface area contributed by atoms with Crippen molar-refractivity contribution >= 4 is 0 Å². The molecule has 0 bridgehead atoms. The highest BCUT2D eigenvalue weighted by Gasteiger charge is 2.60. The molecule has 2 aliphatic carbocycles. The topological polar surface area (TPSA) is 86.6 Å². The first-order valence-corrected chi connectivity index (χ1v) is 10.3. The molecular formula is C19H30O7. The SMILES string of the molecule is OC1C2OC3(CCCCC3)OC2[C@H](C2COC3(CCCCC3)O2)O[C@H]1O. The standard InChI is InChI=1S/C19H30O7/c20-13-15-16(26-19(25-15)9-5-2-6-10-19)14(23-17(13)21)12-11-22-18(24-12)7-3-1-4-8-18/h12-17,20-21H,1-11H2/t12?,13?,14-,15?,16?,17+/m0/s1. The molecule has 0 aromatic heterocycles. The molecule has 3 aliphatic heterocycles. The van der Waals surface area contributed by atoms with Gasteiger partial charge in [-0.25, -0.2) is 0 Å². The third-order valence-corrected chi connectivity index (χ3v) is 6.75. The maximum atomic E-state index is 10.4. The lowest BCUT2D eigenvalue weighted by Gasteiger charge is -2.40. The first-order chi connectivity index (χ1) is 12.6. The minimum Gasteiger partial charge on any atom is -0.385 e. The fraction of sp³-hybridized carbons (Fsp3) is 1.00. The van der Waals surface area contributed by atoms with Crippen LogP contribution in [0.4, 0.5) is 0 Å². The first kappa shape index (κ1) is 17.8. The summed E-state index contributed by atoms with van der Waals surface area (Å²) in [6.45, 7) is 0.424. The Labute approximate surface area is 153 Å². The molecule has 5 fully saturated rings. The molecule has 4 unspecified atom stereocenters. The molecule has 0 radical (unpaired) electrons. The maximum absolute atomic E-state index is 10.4. The third kappa shape index (κ3) is 2.92. The molecule has 0 amide bonds.